The van der Waals surface area contributed by atoms with Gasteiger partial charge in [0.1, 0.15) is 5.01 Å². The molecule has 6 heteroatoms. The molecule has 0 radical (unpaired) electrons. The Kier molecular flexibility index (Phi) is 5.15. The van der Waals surface area contributed by atoms with Crippen molar-refractivity contribution in [3.63, 3.8) is 0 Å². The molecule has 0 aromatic carbocycles. The van der Waals surface area contributed by atoms with Gasteiger partial charge in [-0.1, -0.05) is 0 Å². The van der Waals surface area contributed by atoms with E-state index in [0.717, 1.165) is 35.6 Å². The molecule has 3 N–H and O–H groups in total. The number of aliphatic hydroxyl groups is 1. The number of aliphatic hydroxyl groups excluding tert-OH is 1. The van der Waals surface area contributed by atoms with Crippen LogP contribution in [0.4, 0.5) is 4.79 Å². The van der Waals surface area contributed by atoms with Crippen molar-refractivity contribution in [2.75, 3.05) is 6.61 Å². The third kappa shape index (κ3) is 4.47. The van der Waals surface area contributed by atoms with Gasteiger partial charge in [0.25, 0.3) is 0 Å². The monoisotopic (exact) mass is 283 g/mol. The van der Waals surface area contributed by atoms with E-state index in [0.29, 0.717) is 12.5 Å². The molecule has 0 bridgehead atoms. The topological polar surface area (TPSA) is 74.2 Å². The van der Waals surface area contributed by atoms with Gasteiger partial charge >= 0.3 is 6.03 Å². The molecule has 0 atom stereocenters. The lowest BCUT2D eigenvalue weighted by molar-refractivity contribution is 0.174. The van der Waals surface area contributed by atoms with E-state index in [4.69, 9.17) is 5.11 Å². The van der Waals surface area contributed by atoms with Gasteiger partial charge in [-0.3, -0.25) is 0 Å². The highest BCUT2D eigenvalue weighted by Gasteiger charge is 2.21. The number of carbonyl (C=O) groups excluding carboxylic acids is 1. The molecule has 1 aromatic heterocycles. The SMILES string of the molecule is Cc1cnc(CNC(=O)NC2CCC(CO)CC2)s1. The average Bonchev–Trinajstić information content (AvgIpc) is 2.83. The van der Waals surface area contributed by atoms with Gasteiger partial charge in [-0.15, -0.1) is 11.3 Å². The van der Waals surface area contributed by atoms with Crippen LogP contribution >= 0.6 is 11.3 Å². The van der Waals surface area contributed by atoms with E-state index in [2.05, 4.69) is 15.6 Å². The minimum Gasteiger partial charge on any atom is -0.396 e. The summed E-state index contributed by atoms with van der Waals surface area (Å²) in [5, 5.41) is 15.8. The summed E-state index contributed by atoms with van der Waals surface area (Å²) < 4.78 is 0. The number of urea groups is 1. The van der Waals surface area contributed by atoms with Crippen molar-refractivity contribution < 1.29 is 9.90 Å². The molecule has 0 saturated heterocycles. The molecule has 1 heterocycles. The first-order valence-electron chi connectivity index (χ1n) is 6.74. The van der Waals surface area contributed by atoms with Gasteiger partial charge in [-0.2, -0.15) is 0 Å². The molecule has 2 amide bonds. The number of nitrogens with zero attached hydrogens (tertiary/aromatic N) is 1. The molecular weight excluding hydrogens is 262 g/mol. The van der Waals surface area contributed by atoms with Crippen molar-refractivity contribution in [3.8, 4) is 0 Å². The van der Waals surface area contributed by atoms with Crippen molar-refractivity contribution in [2.45, 2.75) is 45.2 Å². The van der Waals surface area contributed by atoms with Crippen molar-refractivity contribution in [1.29, 1.82) is 0 Å². The number of nitrogens with one attached hydrogen (secondary N) is 2. The zero-order chi connectivity index (χ0) is 13.7. The first-order chi connectivity index (χ1) is 9.17. The number of hydrogen-bond donors (Lipinski definition) is 3. The van der Waals surface area contributed by atoms with Crippen molar-refractivity contribution in [3.05, 3.63) is 16.1 Å². The molecule has 1 aliphatic rings. The van der Waals surface area contributed by atoms with Crippen LogP contribution in [0.3, 0.4) is 0 Å². The molecule has 0 aliphatic heterocycles. The first-order valence-corrected chi connectivity index (χ1v) is 7.55. The Morgan fingerprint density at radius 2 is 2.21 bits per heavy atom. The maximum absolute atomic E-state index is 11.7. The van der Waals surface area contributed by atoms with Gasteiger partial charge < -0.3 is 15.7 Å². The predicted octanol–water partition coefficient (Wildman–Crippen LogP) is 1.80. The van der Waals surface area contributed by atoms with Crippen LogP contribution < -0.4 is 10.6 Å². The van der Waals surface area contributed by atoms with Crippen LogP contribution in [-0.4, -0.2) is 28.8 Å². The third-order valence-electron chi connectivity index (χ3n) is 3.51. The number of thiazole rings is 1. The van der Waals surface area contributed by atoms with Gasteiger partial charge in [0.05, 0.1) is 6.54 Å². The average molecular weight is 283 g/mol. The van der Waals surface area contributed by atoms with Crippen molar-refractivity contribution in [1.82, 2.24) is 15.6 Å². The second-order valence-electron chi connectivity index (χ2n) is 5.09. The summed E-state index contributed by atoms with van der Waals surface area (Å²) in [6, 6.07) is 0.112. The van der Waals surface area contributed by atoms with E-state index >= 15 is 0 Å². The molecule has 1 fully saturated rings. The highest BCUT2D eigenvalue weighted by Crippen LogP contribution is 2.23. The van der Waals surface area contributed by atoms with Crippen LogP contribution in [-0.2, 0) is 6.54 Å². The lowest BCUT2D eigenvalue weighted by Gasteiger charge is -2.27. The molecule has 19 heavy (non-hydrogen) atoms. The number of aromatic nitrogens is 1. The van der Waals surface area contributed by atoms with Crippen LogP contribution in [0.1, 0.15) is 35.6 Å². The zero-order valence-electron chi connectivity index (χ0n) is 11.2. The Morgan fingerprint density at radius 1 is 1.47 bits per heavy atom. The van der Waals surface area contributed by atoms with Crippen LogP contribution in [0.25, 0.3) is 0 Å². The number of aryl methyl sites for hydroxylation is 1. The van der Waals surface area contributed by atoms with Gasteiger partial charge in [-0.05, 0) is 38.5 Å². The fourth-order valence-electron chi connectivity index (χ4n) is 2.36. The van der Waals surface area contributed by atoms with Crippen molar-refractivity contribution >= 4 is 17.4 Å². The predicted molar refractivity (Wildman–Crippen MR) is 75.1 cm³/mol. The molecule has 1 saturated carbocycles. The Balaban J connectivity index is 1.67. The smallest absolute Gasteiger partial charge is 0.315 e. The fourth-order valence-corrected chi connectivity index (χ4v) is 3.09. The molecule has 5 nitrogen and oxygen atoms in total. The molecule has 0 unspecified atom stereocenters. The van der Waals surface area contributed by atoms with Crippen LogP contribution in [0, 0.1) is 12.8 Å². The van der Waals surface area contributed by atoms with Gasteiger partial charge in [0.15, 0.2) is 0 Å². The Bertz CT molecular complexity index is 414. The van der Waals surface area contributed by atoms with E-state index in [1.54, 1.807) is 11.3 Å². The van der Waals surface area contributed by atoms with Gasteiger partial charge in [0.2, 0.25) is 0 Å². The molecule has 2 rings (SSSR count). The van der Waals surface area contributed by atoms with Gasteiger partial charge in [0, 0.05) is 23.7 Å². The van der Waals surface area contributed by atoms with Gasteiger partial charge in [-0.25, -0.2) is 9.78 Å². The highest BCUT2D eigenvalue weighted by molar-refractivity contribution is 7.11. The zero-order valence-corrected chi connectivity index (χ0v) is 12.0. The summed E-state index contributed by atoms with van der Waals surface area (Å²) in [6.45, 7) is 2.75. The van der Waals surface area contributed by atoms with E-state index < -0.39 is 0 Å². The molecular formula is C13H21N3O2S. The quantitative estimate of drug-likeness (QED) is 0.789. The van der Waals surface area contributed by atoms with Crippen LogP contribution in [0.2, 0.25) is 0 Å². The Hall–Kier alpha value is -1.14. The number of amides is 2. The normalized spacial score (nSPS) is 23.1. The maximum Gasteiger partial charge on any atom is 0.315 e. The lowest BCUT2D eigenvalue weighted by atomic mass is 9.87. The van der Waals surface area contributed by atoms with Crippen LogP contribution in [0.5, 0.6) is 0 Å². The number of carbonyl (C=O) groups is 1. The first kappa shape index (κ1) is 14.3. The second kappa shape index (κ2) is 6.86. The molecule has 1 aromatic rings. The molecule has 106 valence electrons. The summed E-state index contributed by atoms with van der Waals surface area (Å²) in [4.78, 5) is 17.1. The summed E-state index contributed by atoms with van der Waals surface area (Å²) in [7, 11) is 0. The maximum atomic E-state index is 11.7. The Labute approximate surface area is 117 Å². The fraction of sp³-hybridized carbons (Fsp3) is 0.692. The molecule has 0 spiro atoms. The second-order valence-corrected chi connectivity index (χ2v) is 6.41. The lowest BCUT2D eigenvalue weighted by Crippen LogP contribution is -2.43. The largest absolute Gasteiger partial charge is 0.396 e. The minimum absolute atomic E-state index is 0.125. The van der Waals surface area contributed by atoms with Crippen LogP contribution in [0.15, 0.2) is 6.20 Å². The van der Waals surface area contributed by atoms with E-state index in [-0.39, 0.29) is 18.7 Å². The number of hydrogen-bond acceptors (Lipinski definition) is 4. The van der Waals surface area contributed by atoms with Crippen molar-refractivity contribution in [2.24, 2.45) is 5.92 Å². The standard InChI is InChI=1S/C13H21N3O2S/c1-9-6-14-12(19-9)7-15-13(18)16-11-4-2-10(8-17)3-5-11/h6,10-11,17H,2-5,7-8H2,1H3,(H2,15,16,18). The summed E-state index contributed by atoms with van der Waals surface area (Å²) in [5.41, 5.74) is 0. The van der Waals surface area contributed by atoms with E-state index in [1.807, 2.05) is 13.1 Å². The Morgan fingerprint density at radius 3 is 2.79 bits per heavy atom. The summed E-state index contributed by atoms with van der Waals surface area (Å²) in [6.07, 6.45) is 5.71. The van der Waals surface area contributed by atoms with E-state index in [1.165, 1.54) is 0 Å². The summed E-state index contributed by atoms with van der Waals surface area (Å²) in [5.74, 6) is 0.416. The number of rotatable bonds is 4. The summed E-state index contributed by atoms with van der Waals surface area (Å²) >= 11 is 1.60. The highest BCUT2D eigenvalue weighted by atomic mass is 32.1. The molecule has 1 aliphatic carbocycles. The minimum atomic E-state index is -0.125. The third-order valence-corrected chi connectivity index (χ3v) is 4.42. The van der Waals surface area contributed by atoms with E-state index in [9.17, 15) is 4.79 Å².